The van der Waals surface area contributed by atoms with Crippen molar-refractivity contribution in [1.82, 2.24) is 9.62 Å². The zero-order chi connectivity index (χ0) is 13.2. The van der Waals surface area contributed by atoms with Crippen molar-refractivity contribution in [3.8, 4) is 0 Å². The van der Waals surface area contributed by atoms with E-state index in [4.69, 9.17) is 0 Å². The summed E-state index contributed by atoms with van der Waals surface area (Å²) >= 11 is 0. The standard InChI is InChI=1S/C11H22N2O4S/c14-10-7-13(8-11(10)15)18(16,17)6-4-9-3-1-2-5-12-9/h9-12,14-15H,1-8H2. The quantitative estimate of drug-likeness (QED) is 0.606. The molecule has 0 aromatic heterocycles. The number of piperidine rings is 1. The van der Waals surface area contributed by atoms with Crippen LogP contribution in [-0.4, -0.2) is 66.6 Å². The van der Waals surface area contributed by atoms with Crippen LogP contribution in [0.2, 0.25) is 0 Å². The molecular formula is C11H22N2O4S. The number of β-amino-alcohol motifs (C(OH)–C–C–N with tert-alkyl or cyclic N) is 2. The molecule has 0 aromatic carbocycles. The van der Waals surface area contributed by atoms with Gasteiger partial charge in [-0.15, -0.1) is 0 Å². The van der Waals surface area contributed by atoms with E-state index in [1.54, 1.807) is 0 Å². The molecule has 18 heavy (non-hydrogen) atoms. The lowest BCUT2D eigenvalue weighted by Crippen LogP contribution is -2.38. The minimum atomic E-state index is -3.35. The van der Waals surface area contributed by atoms with Gasteiger partial charge in [-0.25, -0.2) is 8.42 Å². The SMILES string of the molecule is O=S(=O)(CCC1CCCCN1)N1CC(O)C(O)C1. The lowest BCUT2D eigenvalue weighted by atomic mass is 10.0. The first kappa shape index (κ1) is 14.2. The van der Waals surface area contributed by atoms with E-state index in [-0.39, 0.29) is 24.9 Å². The Hall–Kier alpha value is -0.210. The predicted molar refractivity (Wildman–Crippen MR) is 67.6 cm³/mol. The van der Waals surface area contributed by atoms with E-state index in [1.165, 1.54) is 4.31 Å². The van der Waals surface area contributed by atoms with Crippen molar-refractivity contribution in [2.75, 3.05) is 25.4 Å². The summed E-state index contributed by atoms with van der Waals surface area (Å²) in [6.45, 7) is 0.995. The Labute approximate surface area is 108 Å². The Morgan fingerprint density at radius 2 is 1.83 bits per heavy atom. The highest BCUT2D eigenvalue weighted by Crippen LogP contribution is 2.17. The van der Waals surface area contributed by atoms with E-state index in [9.17, 15) is 18.6 Å². The summed E-state index contributed by atoms with van der Waals surface area (Å²) in [6, 6.07) is 0.283. The summed E-state index contributed by atoms with van der Waals surface area (Å²) in [5, 5.41) is 22.1. The molecule has 2 rings (SSSR count). The average molecular weight is 278 g/mol. The van der Waals surface area contributed by atoms with Gasteiger partial charge in [0.25, 0.3) is 0 Å². The van der Waals surface area contributed by atoms with Gasteiger partial charge < -0.3 is 15.5 Å². The molecule has 2 saturated heterocycles. The number of nitrogens with one attached hydrogen (secondary N) is 1. The number of nitrogens with zero attached hydrogens (tertiary/aromatic N) is 1. The number of aliphatic hydroxyl groups is 2. The van der Waals surface area contributed by atoms with Gasteiger partial charge in [0.05, 0.1) is 18.0 Å². The molecule has 2 fully saturated rings. The van der Waals surface area contributed by atoms with Crippen molar-refractivity contribution in [3.05, 3.63) is 0 Å². The second kappa shape index (κ2) is 5.83. The van der Waals surface area contributed by atoms with Crippen LogP contribution in [0.5, 0.6) is 0 Å². The topological polar surface area (TPSA) is 89.9 Å². The number of aliphatic hydroxyl groups excluding tert-OH is 2. The molecular weight excluding hydrogens is 256 g/mol. The van der Waals surface area contributed by atoms with E-state index in [1.807, 2.05) is 0 Å². The van der Waals surface area contributed by atoms with Gasteiger partial charge in [-0.2, -0.15) is 4.31 Å². The minimum Gasteiger partial charge on any atom is -0.389 e. The smallest absolute Gasteiger partial charge is 0.214 e. The van der Waals surface area contributed by atoms with Crippen LogP contribution in [0, 0.1) is 0 Å². The lowest BCUT2D eigenvalue weighted by Gasteiger charge is -2.24. The van der Waals surface area contributed by atoms with Crippen molar-refractivity contribution < 1.29 is 18.6 Å². The van der Waals surface area contributed by atoms with Crippen LogP contribution in [0.15, 0.2) is 0 Å². The van der Waals surface area contributed by atoms with Crippen LogP contribution < -0.4 is 5.32 Å². The van der Waals surface area contributed by atoms with Crippen LogP contribution in [0.3, 0.4) is 0 Å². The fourth-order valence-corrected chi connectivity index (χ4v) is 4.15. The van der Waals surface area contributed by atoms with Gasteiger partial charge in [0, 0.05) is 19.1 Å². The van der Waals surface area contributed by atoms with Gasteiger partial charge in [0.1, 0.15) is 0 Å². The second-order valence-corrected chi connectivity index (χ2v) is 7.29. The Bertz CT molecular complexity index is 357. The van der Waals surface area contributed by atoms with Crippen molar-refractivity contribution in [3.63, 3.8) is 0 Å². The van der Waals surface area contributed by atoms with Gasteiger partial charge in [-0.05, 0) is 25.8 Å². The molecule has 0 saturated carbocycles. The van der Waals surface area contributed by atoms with Gasteiger partial charge >= 0.3 is 0 Å². The summed E-state index contributed by atoms with van der Waals surface area (Å²) in [5.41, 5.74) is 0. The molecule has 2 aliphatic rings. The first-order chi connectivity index (χ1) is 8.49. The third-order valence-corrected chi connectivity index (χ3v) is 5.59. The maximum Gasteiger partial charge on any atom is 0.214 e. The van der Waals surface area contributed by atoms with Crippen molar-refractivity contribution in [1.29, 1.82) is 0 Å². The Balaban J connectivity index is 1.83. The highest BCUT2D eigenvalue weighted by Gasteiger charge is 2.36. The lowest BCUT2D eigenvalue weighted by molar-refractivity contribution is 0.0572. The molecule has 0 aromatic rings. The van der Waals surface area contributed by atoms with Crippen LogP contribution in [0.1, 0.15) is 25.7 Å². The van der Waals surface area contributed by atoms with Gasteiger partial charge in [0.2, 0.25) is 10.0 Å². The summed E-state index contributed by atoms with van der Waals surface area (Å²) in [4.78, 5) is 0. The fourth-order valence-electron chi connectivity index (χ4n) is 2.55. The van der Waals surface area contributed by atoms with E-state index in [0.717, 1.165) is 25.8 Å². The summed E-state index contributed by atoms with van der Waals surface area (Å²) in [6.07, 6.45) is 2.04. The minimum absolute atomic E-state index is 0.0155. The third kappa shape index (κ3) is 3.42. The van der Waals surface area contributed by atoms with Gasteiger partial charge in [-0.1, -0.05) is 6.42 Å². The zero-order valence-electron chi connectivity index (χ0n) is 10.5. The number of hydrogen-bond acceptors (Lipinski definition) is 5. The largest absolute Gasteiger partial charge is 0.389 e. The monoisotopic (exact) mass is 278 g/mol. The number of rotatable bonds is 4. The second-order valence-electron chi connectivity index (χ2n) is 5.20. The van der Waals surface area contributed by atoms with Crippen LogP contribution >= 0.6 is 0 Å². The van der Waals surface area contributed by atoms with Crippen LogP contribution in [0.4, 0.5) is 0 Å². The van der Waals surface area contributed by atoms with Crippen LogP contribution in [-0.2, 0) is 10.0 Å². The van der Waals surface area contributed by atoms with E-state index in [0.29, 0.717) is 6.42 Å². The maximum atomic E-state index is 12.0. The molecule has 6 nitrogen and oxygen atoms in total. The Morgan fingerprint density at radius 1 is 1.17 bits per heavy atom. The van der Waals surface area contributed by atoms with E-state index < -0.39 is 22.2 Å². The molecule has 0 spiro atoms. The highest BCUT2D eigenvalue weighted by molar-refractivity contribution is 7.89. The molecule has 0 bridgehead atoms. The molecule has 2 aliphatic heterocycles. The highest BCUT2D eigenvalue weighted by atomic mass is 32.2. The molecule has 0 amide bonds. The summed E-state index contributed by atoms with van der Waals surface area (Å²) in [5.74, 6) is 0.0874. The number of hydrogen-bond donors (Lipinski definition) is 3. The normalized spacial score (nSPS) is 34.9. The molecule has 3 unspecified atom stereocenters. The van der Waals surface area contributed by atoms with Crippen molar-refractivity contribution in [2.45, 2.75) is 43.9 Å². The first-order valence-corrected chi connectivity index (χ1v) is 8.17. The molecule has 7 heteroatoms. The Kier molecular flexibility index (Phi) is 4.60. The zero-order valence-corrected chi connectivity index (χ0v) is 11.3. The molecule has 2 heterocycles. The third-order valence-electron chi connectivity index (χ3n) is 3.76. The van der Waals surface area contributed by atoms with Gasteiger partial charge in [0.15, 0.2) is 0 Å². The Morgan fingerprint density at radius 3 is 2.39 bits per heavy atom. The molecule has 3 N–H and O–H groups in total. The summed E-state index contributed by atoms with van der Waals surface area (Å²) in [7, 11) is -3.35. The first-order valence-electron chi connectivity index (χ1n) is 6.56. The van der Waals surface area contributed by atoms with E-state index >= 15 is 0 Å². The van der Waals surface area contributed by atoms with Crippen LogP contribution in [0.25, 0.3) is 0 Å². The molecule has 0 aliphatic carbocycles. The fraction of sp³-hybridized carbons (Fsp3) is 1.00. The van der Waals surface area contributed by atoms with E-state index in [2.05, 4.69) is 5.32 Å². The average Bonchev–Trinajstić information content (AvgIpc) is 2.70. The summed E-state index contributed by atoms with van der Waals surface area (Å²) < 4.78 is 25.3. The van der Waals surface area contributed by atoms with Crippen molar-refractivity contribution >= 4 is 10.0 Å². The maximum absolute atomic E-state index is 12.0. The van der Waals surface area contributed by atoms with Crippen molar-refractivity contribution in [2.24, 2.45) is 0 Å². The predicted octanol–water partition coefficient (Wildman–Crippen LogP) is -1.11. The van der Waals surface area contributed by atoms with Gasteiger partial charge in [-0.3, -0.25) is 0 Å². The molecule has 106 valence electrons. The molecule has 3 atom stereocenters. The molecule has 0 radical (unpaired) electrons. The number of sulfonamides is 1.